The van der Waals surface area contributed by atoms with Crippen LogP contribution in [-0.2, 0) is 4.79 Å². The van der Waals surface area contributed by atoms with Gasteiger partial charge in [0.2, 0.25) is 0 Å². The van der Waals surface area contributed by atoms with Crippen molar-refractivity contribution in [1.82, 2.24) is 10.3 Å². The SMILES string of the molecule is CCOc1ccc(OCC(=O)NC(c2ccccc2)c2ccncc2)cc1. The molecule has 0 aliphatic carbocycles. The van der Waals surface area contributed by atoms with Gasteiger partial charge in [0.25, 0.3) is 5.91 Å². The monoisotopic (exact) mass is 362 g/mol. The van der Waals surface area contributed by atoms with E-state index >= 15 is 0 Å². The number of nitrogens with one attached hydrogen (secondary N) is 1. The summed E-state index contributed by atoms with van der Waals surface area (Å²) in [6.07, 6.45) is 3.43. The van der Waals surface area contributed by atoms with Gasteiger partial charge in [0.15, 0.2) is 6.61 Å². The zero-order chi connectivity index (χ0) is 18.9. The largest absolute Gasteiger partial charge is 0.494 e. The van der Waals surface area contributed by atoms with Gasteiger partial charge in [0.05, 0.1) is 12.6 Å². The zero-order valence-corrected chi connectivity index (χ0v) is 15.2. The fourth-order valence-corrected chi connectivity index (χ4v) is 2.71. The van der Waals surface area contributed by atoms with Crippen LogP contribution < -0.4 is 14.8 Å². The number of rotatable bonds is 8. The summed E-state index contributed by atoms with van der Waals surface area (Å²) >= 11 is 0. The first-order valence-electron chi connectivity index (χ1n) is 8.86. The number of amides is 1. The van der Waals surface area contributed by atoms with Crippen LogP contribution in [0.15, 0.2) is 79.1 Å². The Hall–Kier alpha value is -3.34. The molecule has 1 heterocycles. The van der Waals surface area contributed by atoms with Crippen LogP contribution in [0.4, 0.5) is 0 Å². The number of hydrogen-bond acceptors (Lipinski definition) is 4. The smallest absolute Gasteiger partial charge is 0.258 e. The number of pyridine rings is 1. The first-order valence-corrected chi connectivity index (χ1v) is 8.86. The fourth-order valence-electron chi connectivity index (χ4n) is 2.71. The van der Waals surface area contributed by atoms with E-state index in [1.807, 2.05) is 61.5 Å². The van der Waals surface area contributed by atoms with Crippen LogP contribution in [-0.4, -0.2) is 24.1 Å². The Bertz CT molecular complexity index is 797. The van der Waals surface area contributed by atoms with Crippen molar-refractivity contribution < 1.29 is 14.3 Å². The highest BCUT2D eigenvalue weighted by atomic mass is 16.5. The summed E-state index contributed by atoms with van der Waals surface area (Å²) in [6.45, 7) is 2.47. The Labute approximate surface area is 159 Å². The Morgan fingerprint density at radius 3 is 2.11 bits per heavy atom. The van der Waals surface area contributed by atoms with Crippen LogP contribution in [0.25, 0.3) is 0 Å². The Kier molecular flexibility index (Phi) is 6.41. The van der Waals surface area contributed by atoms with Crippen molar-refractivity contribution in [1.29, 1.82) is 0 Å². The third-order valence-electron chi connectivity index (χ3n) is 3.98. The first-order chi connectivity index (χ1) is 13.3. The number of carbonyl (C=O) groups is 1. The molecule has 0 bridgehead atoms. The second-order valence-electron chi connectivity index (χ2n) is 5.88. The Morgan fingerprint density at radius 2 is 1.48 bits per heavy atom. The van der Waals surface area contributed by atoms with Crippen molar-refractivity contribution in [3.8, 4) is 11.5 Å². The number of aromatic nitrogens is 1. The summed E-state index contributed by atoms with van der Waals surface area (Å²) < 4.78 is 11.0. The van der Waals surface area contributed by atoms with Gasteiger partial charge in [-0.15, -0.1) is 0 Å². The number of nitrogens with zero attached hydrogens (tertiary/aromatic N) is 1. The van der Waals surface area contributed by atoms with Crippen LogP contribution >= 0.6 is 0 Å². The predicted octanol–water partition coefficient (Wildman–Crippen LogP) is 3.76. The maximum absolute atomic E-state index is 12.5. The van der Waals surface area contributed by atoms with Crippen LogP contribution in [0.3, 0.4) is 0 Å². The number of hydrogen-bond donors (Lipinski definition) is 1. The molecular weight excluding hydrogens is 340 g/mol. The number of benzene rings is 2. The molecule has 1 N–H and O–H groups in total. The van der Waals surface area contributed by atoms with Gasteiger partial charge in [-0.05, 0) is 54.4 Å². The van der Waals surface area contributed by atoms with E-state index in [4.69, 9.17) is 9.47 Å². The molecule has 1 atom stereocenters. The van der Waals surface area contributed by atoms with E-state index in [0.717, 1.165) is 16.9 Å². The molecule has 1 amide bonds. The standard InChI is InChI=1S/C22H22N2O3/c1-2-26-19-8-10-20(11-9-19)27-16-21(25)24-22(17-6-4-3-5-7-17)18-12-14-23-15-13-18/h3-15,22H,2,16H2,1H3,(H,24,25). The topological polar surface area (TPSA) is 60.5 Å². The number of ether oxygens (including phenoxy) is 2. The minimum Gasteiger partial charge on any atom is -0.494 e. The van der Waals surface area contributed by atoms with Crippen LogP contribution in [0.2, 0.25) is 0 Å². The van der Waals surface area contributed by atoms with E-state index < -0.39 is 0 Å². The molecule has 0 saturated carbocycles. The molecule has 0 fully saturated rings. The van der Waals surface area contributed by atoms with E-state index in [1.54, 1.807) is 24.5 Å². The summed E-state index contributed by atoms with van der Waals surface area (Å²) in [5, 5.41) is 3.04. The molecule has 1 aromatic heterocycles. The Balaban J connectivity index is 1.64. The highest BCUT2D eigenvalue weighted by Crippen LogP contribution is 2.21. The van der Waals surface area contributed by atoms with Crippen molar-refractivity contribution in [3.05, 3.63) is 90.3 Å². The average Bonchev–Trinajstić information content (AvgIpc) is 2.73. The van der Waals surface area contributed by atoms with E-state index in [2.05, 4.69) is 10.3 Å². The predicted molar refractivity (Wildman–Crippen MR) is 104 cm³/mol. The molecule has 0 radical (unpaired) electrons. The van der Waals surface area contributed by atoms with Crippen molar-refractivity contribution in [3.63, 3.8) is 0 Å². The van der Waals surface area contributed by atoms with Crippen molar-refractivity contribution >= 4 is 5.91 Å². The van der Waals surface area contributed by atoms with Gasteiger partial charge in [-0.1, -0.05) is 30.3 Å². The van der Waals surface area contributed by atoms with Gasteiger partial charge in [-0.2, -0.15) is 0 Å². The maximum Gasteiger partial charge on any atom is 0.258 e. The lowest BCUT2D eigenvalue weighted by atomic mass is 10.00. The van der Waals surface area contributed by atoms with Gasteiger partial charge in [-0.25, -0.2) is 0 Å². The third-order valence-corrected chi connectivity index (χ3v) is 3.98. The summed E-state index contributed by atoms with van der Waals surface area (Å²) in [5.74, 6) is 1.19. The quantitative estimate of drug-likeness (QED) is 0.663. The molecule has 5 heteroatoms. The second kappa shape index (κ2) is 9.38. The van der Waals surface area contributed by atoms with E-state index in [9.17, 15) is 4.79 Å². The normalized spacial score (nSPS) is 11.4. The minimum absolute atomic E-state index is 0.0671. The molecule has 0 aliphatic rings. The second-order valence-corrected chi connectivity index (χ2v) is 5.88. The van der Waals surface area contributed by atoms with Gasteiger partial charge >= 0.3 is 0 Å². The molecule has 3 rings (SSSR count). The minimum atomic E-state index is -0.259. The van der Waals surface area contributed by atoms with Crippen LogP contribution in [0.5, 0.6) is 11.5 Å². The molecule has 0 spiro atoms. The van der Waals surface area contributed by atoms with E-state index in [0.29, 0.717) is 12.4 Å². The van der Waals surface area contributed by atoms with Crippen LogP contribution in [0.1, 0.15) is 24.1 Å². The lowest BCUT2D eigenvalue weighted by Crippen LogP contribution is -2.33. The zero-order valence-electron chi connectivity index (χ0n) is 15.2. The molecule has 5 nitrogen and oxygen atoms in total. The highest BCUT2D eigenvalue weighted by Gasteiger charge is 2.17. The van der Waals surface area contributed by atoms with Crippen molar-refractivity contribution in [2.24, 2.45) is 0 Å². The molecule has 2 aromatic carbocycles. The van der Waals surface area contributed by atoms with E-state index in [1.165, 1.54) is 0 Å². The number of carbonyl (C=O) groups excluding carboxylic acids is 1. The summed E-state index contributed by atoms with van der Waals surface area (Å²) in [5.41, 5.74) is 1.96. The lowest BCUT2D eigenvalue weighted by molar-refractivity contribution is -0.123. The molecule has 138 valence electrons. The molecule has 27 heavy (non-hydrogen) atoms. The van der Waals surface area contributed by atoms with Gasteiger partial charge in [0.1, 0.15) is 11.5 Å². The molecule has 3 aromatic rings. The molecule has 1 unspecified atom stereocenters. The van der Waals surface area contributed by atoms with Gasteiger partial charge < -0.3 is 14.8 Å². The highest BCUT2D eigenvalue weighted by molar-refractivity contribution is 5.78. The average molecular weight is 362 g/mol. The maximum atomic E-state index is 12.5. The summed E-state index contributed by atoms with van der Waals surface area (Å²) in [4.78, 5) is 16.5. The molecular formula is C22H22N2O3. The van der Waals surface area contributed by atoms with Crippen molar-refractivity contribution in [2.75, 3.05) is 13.2 Å². The molecule has 0 saturated heterocycles. The molecule has 0 aliphatic heterocycles. The van der Waals surface area contributed by atoms with Crippen LogP contribution in [0, 0.1) is 0 Å². The first kappa shape index (κ1) is 18.5. The fraction of sp³-hybridized carbons (Fsp3) is 0.182. The van der Waals surface area contributed by atoms with E-state index in [-0.39, 0.29) is 18.6 Å². The Morgan fingerprint density at radius 1 is 0.889 bits per heavy atom. The van der Waals surface area contributed by atoms with Gasteiger partial charge in [-0.3, -0.25) is 9.78 Å². The van der Waals surface area contributed by atoms with Crippen molar-refractivity contribution in [2.45, 2.75) is 13.0 Å². The third kappa shape index (κ3) is 5.31. The lowest BCUT2D eigenvalue weighted by Gasteiger charge is -2.20. The van der Waals surface area contributed by atoms with Gasteiger partial charge in [0, 0.05) is 12.4 Å². The summed E-state index contributed by atoms with van der Waals surface area (Å²) in [7, 11) is 0. The summed E-state index contributed by atoms with van der Waals surface area (Å²) in [6, 6.07) is 20.6.